The number of rotatable bonds is 5. The standard InChI is InChI=1S/C16H20F3N5O.HI/c1-4-20-15(21-9-14-22-11(2)23-25-14)24(3)10-12-5-7-13(8-6-12)16(17,18)19;/h5-8H,4,9-10H2,1-3H3,(H,20,21);1H. The molecule has 0 spiro atoms. The van der Waals surface area contributed by atoms with Crippen LogP contribution in [0.2, 0.25) is 0 Å². The fourth-order valence-electron chi connectivity index (χ4n) is 2.16. The van der Waals surface area contributed by atoms with Gasteiger partial charge in [0.25, 0.3) is 0 Å². The van der Waals surface area contributed by atoms with E-state index in [2.05, 4.69) is 20.4 Å². The number of benzene rings is 1. The van der Waals surface area contributed by atoms with Gasteiger partial charge in [-0.3, -0.25) is 0 Å². The molecule has 10 heteroatoms. The summed E-state index contributed by atoms with van der Waals surface area (Å²) in [4.78, 5) is 10.3. The van der Waals surface area contributed by atoms with Gasteiger partial charge < -0.3 is 14.7 Å². The van der Waals surface area contributed by atoms with Crippen molar-refractivity contribution >= 4 is 29.9 Å². The van der Waals surface area contributed by atoms with Crippen molar-refractivity contribution in [2.75, 3.05) is 13.6 Å². The van der Waals surface area contributed by atoms with Crippen LogP contribution in [0.5, 0.6) is 0 Å². The van der Waals surface area contributed by atoms with Gasteiger partial charge in [0.15, 0.2) is 11.8 Å². The first kappa shape index (κ1) is 22.2. The van der Waals surface area contributed by atoms with Gasteiger partial charge in [-0.2, -0.15) is 18.2 Å². The number of hydrogen-bond acceptors (Lipinski definition) is 4. The average Bonchev–Trinajstić information content (AvgIpc) is 2.96. The highest BCUT2D eigenvalue weighted by Crippen LogP contribution is 2.29. The second-order valence-electron chi connectivity index (χ2n) is 5.46. The maximum absolute atomic E-state index is 12.6. The van der Waals surface area contributed by atoms with Crippen molar-refractivity contribution in [3.63, 3.8) is 0 Å². The first-order chi connectivity index (χ1) is 11.8. The second-order valence-corrected chi connectivity index (χ2v) is 5.46. The summed E-state index contributed by atoms with van der Waals surface area (Å²) in [5.41, 5.74) is 0.0842. The smallest absolute Gasteiger partial charge is 0.357 e. The van der Waals surface area contributed by atoms with Crippen LogP contribution in [-0.4, -0.2) is 34.6 Å². The molecule has 1 N–H and O–H groups in total. The lowest BCUT2D eigenvalue weighted by Crippen LogP contribution is -2.38. The summed E-state index contributed by atoms with van der Waals surface area (Å²) < 4.78 is 42.9. The zero-order valence-corrected chi connectivity index (χ0v) is 17.0. The Morgan fingerprint density at radius 1 is 1.27 bits per heavy atom. The van der Waals surface area contributed by atoms with Crippen molar-refractivity contribution in [2.24, 2.45) is 4.99 Å². The van der Waals surface area contributed by atoms with Crippen LogP contribution in [-0.2, 0) is 19.3 Å². The summed E-state index contributed by atoms with van der Waals surface area (Å²) in [7, 11) is 1.80. The van der Waals surface area contributed by atoms with Crippen molar-refractivity contribution in [1.29, 1.82) is 0 Å². The first-order valence-corrected chi connectivity index (χ1v) is 7.74. The molecule has 0 atom stereocenters. The molecule has 1 heterocycles. The SMILES string of the molecule is CCNC(=NCc1nc(C)no1)N(C)Cc1ccc(C(F)(F)F)cc1.I. The number of guanidine groups is 1. The van der Waals surface area contributed by atoms with Crippen LogP contribution >= 0.6 is 24.0 Å². The number of halogens is 4. The Labute approximate surface area is 166 Å². The third kappa shape index (κ3) is 6.46. The van der Waals surface area contributed by atoms with Gasteiger partial charge in [0.1, 0.15) is 6.54 Å². The van der Waals surface area contributed by atoms with Crippen molar-refractivity contribution in [2.45, 2.75) is 33.1 Å². The van der Waals surface area contributed by atoms with E-state index in [4.69, 9.17) is 4.52 Å². The van der Waals surface area contributed by atoms with Gasteiger partial charge in [0, 0.05) is 20.1 Å². The van der Waals surface area contributed by atoms with Crippen LogP contribution in [0.15, 0.2) is 33.8 Å². The number of alkyl halides is 3. The van der Waals surface area contributed by atoms with Crippen molar-refractivity contribution in [3.8, 4) is 0 Å². The van der Waals surface area contributed by atoms with Crippen LogP contribution in [0, 0.1) is 6.92 Å². The molecule has 1 aromatic heterocycles. The summed E-state index contributed by atoms with van der Waals surface area (Å²) in [6.45, 7) is 4.93. The molecule has 0 bridgehead atoms. The molecule has 0 amide bonds. The fourth-order valence-corrected chi connectivity index (χ4v) is 2.16. The number of nitrogens with zero attached hydrogens (tertiary/aromatic N) is 4. The van der Waals surface area contributed by atoms with Gasteiger partial charge in [-0.15, -0.1) is 24.0 Å². The molecular formula is C16H21F3IN5O. The van der Waals surface area contributed by atoms with Gasteiger partial charge in [0.05, 0.1) is 5.56 Å². The zero-order chi connectivity index (χ0) is 18.4. The lowest BCUT2D eigenvalue weighted by atomic mass is 10.1. The number of hydrogen-bond donors (Lipinski definition) is 1. The molecule has 0 saturated carbocycles. The van der Waals surface area contributed by atoms with Gasteiger partial charge in [-0.05, 0) is 31.5 Å². The molecule has 0 fully saturated rings. The van der Waals surface area contributed by atoms with E-state index >= 15 is 0 Å². The predicted molar refractivity (Wildman–Crippen MR) is 102 cm³/mol. The molecule has 0 radical (unpaired) electrons. The van der Waals surface area contributed by atoms with Crippen molar-refractivity contribution in [1.82, 2.24) is 20.4 Å². The minimum absolute atomic E-state index is 0. The van der Waals surface area contributed by atoms with E-state index in [0.717, 1.165) is 17.7 Å². The Balaban J connectivity index is 0.00000338. The quantitative estimate of drug-likeness (QED) is 0.400. The zero-order valence-electron chi connectivity index (χ0n) is 14.7. The van der Waals surface area contributed by atoms with Gasteiger partial charge >= 0.3 is 6.18 Å². The molecule has 26 heavy (non-hydrogen) atoms. The third-order valence-electron chi connectivity index (χ3n) is 3.33. The maximum Gasteiger partial charge on any atom is 0.416 e. The highest BCUT2D eigenvalue weighted by atomic mass is 127. The average molecular weight is 483 g/mol. The number of aliphatic imine (C=N–C) groups is 1. The number of aryl methyl sites for hydroxylation is 1. The largest absolute Gasteiger partial charge is 0.416 e. The summed E-state index contributed by atoms with van der Waals surface area (Å²) in [5, 5.41) is 6.82. The van der Waals surface area contributed by atoms with E-state index < -0.39 is 11.7 Å². The van der Waals surface area contributed by atoms with E-state index in [-0.39, 0.29) is 30.5 Å². The predicted octanol–water partition coefficient (Wildman–Crippen LogP) is 3.61. The minimum Gasteiger partial charge on any atom is -0.357 e. The molecule has 144 valence electrons. The number of nitrogens with one attached hydrogen (secondary N) is 1. The van der Waals surface area contributed by atoms with Crippen molar-refractivity contribution < 1.29 is 17.7 Å². The van der Waals surface area contributed by atoms with E-state index in [1.54, 1.807) is 14.0 Å². The van der Waals surface area contributed by atoms with Gasteiger partial charge in [-0.25, -0.2) is 4.99 Å². The molecule has 0 unspecified atom stereocenters. The molecule has 2 aromatic rings. The summed E-state index contributed by atoms with van der Waals surface area (Å²) in [5.74, 6) is 1.53. The van der Waals surface area contributed by atoms with E-state index in [0.29, 0.717) is 30.8 Å². The lowest BCUT2D eigenvalue weighted by Gasteiger charge is -2.22. The van der Waals surface area contributed by atoms with Crippen LogP contribution in [0.4, 0.5) is 13.2 Å². The first-order valence-electron chi connectivity index (χ1n) is 7.74. The molecule has 0 aliphatic rings. The van der Waals surface area contributed by atoms with Gasteiger partial charge in [-0.1, -0.05) is 17.3 Å². The third-order valence-corrected chi connectivity index (χ3v) is 3.33. The summed E-state index contributed by atoms with van der Waals surface area (Å²) in [6.07, 6.45) is -4.33. The van der Waals surface area contributed by atoms with Crippen LogP contribution in [0.25, 0.3) is 0 Å². The Morgan fingerprint density at radius 3 is 2.42 bits per heavy atom. The number of aromatic nitrogens is 2. The molecule has 0 saturated heterocycles. The van der Waals surface area contributed by atoms with Gasteiger partial charge in [0.2, 0.25) is 5.89 Å². The molecule has 0 aliphatic carbocycles. The maximum atomic E-state index is 12.6. The normalized spacial score (nSPS) is 11.8. The lowest BCUT2D eigenvalue weighted by molar-refractivity contribution is -0.137. The van der Waals surface area contributed by atoms with Crippen molar-refractivity contribution in [3.05, 3.63) is 47.1 Å². The van der Waals surface area contributed by atoms with E-state index in [1.165, 1.54) is 12.1 Å². The molecule has 0 aliphatic heterocycles. The molecule has 2 rings (SSSR count). The van der Waals surface area contributed by atoms with Crippen LogP contribution in [0.1, 0.15) is 29.8 Å². The Morgan fingerprint density at radius 2 is 1.92 bits per heavy atom. The van der Waals surface area contributed by atoms with Crippen LogP contribution < -0.4 is 5.32 Å². The minimum atomic E-state index is -4.33. The molecule has 1 aromatic carbocycles. The Kier molecular flexibility index (Phi) is 8.31. The monoisotopic (exact) mass is 483 g/mol. The topological polar surface area (TPSA) is 66.5 Å². The summed E-state index contributed by atoms with van der Waals surface area (Å²) >= 11 is 0. The highest BCUT2D eigenvalue weighted by molar-refractivity contribution is 14.0. The fraction of sp³-hybridized carbons (Fsp3) is 0.438. The Bertz CT molecular complexity index is 715. The van der Waals surface area contributed by atoms with E-state index in [1.807, 2.05) is 11.8 Å². The van der Waals surface area contributed by atoms with Crippen LogP contribution in [0.3, 0.4) is 0 Å². The highest BCUT2D eigenvalue weighted by Gasteiger charge is 2.29. The van der Waals surface area contributed by atoms with E-state index in [9.17, 15) is 13.2 Å². The Hall–Kier alpha value is -1.85. The summed E-state index contributed by atoms with van der Waals surface area (Å²) in [6, 6.07) is 5.08. The molecule has 6 nitrogen and oxygen atoms in total. The molecular weight excluding hydrogens is 462 g/mol. The second kappa shape index (κ2) is 9.74.